The van der Waals surface area contributed by atoms with Crippen molar-refractivity contribution in [3.63, 3.8) is 0 Å². The van der Waals surface area contributed by atoms with Gasteiger partial charge in [-0.3, -0.25) is 24.1 Å². The highest BCUT2D eigenvalue weighted by molar-refractivity contribution is 8.00. The fourth-order valence-electron chi connectivity index (χ4n) is 4.23. The minimum Gasteiger partial charge on any atom is -0.478 e. The predicted molar refractivity (Wildman–Crippen MR) is 164 cm³/mol. The summed E-state index contributed by atoms with van der Waals surface area (Å²) in [5.74, 6) is -6.50. The van der Waals surface area contributed by atoms with E-state index in [1.807, 2.05) is 0 Å². The number of carboxylic acids is 2. The minimum atomic E-state index is -1.83. The number of aliphatic carboxylic acids is 2. The second-order valence-electron chi connectivity index (χ2n) is 10.5. The highest BCUT2D eigenvalue weighted by atomic mass is 32.2. The van der Waals surface area contributed by atoms with Gasteiger partial charge in [0.05, 0.1) is 7.05 Å². The van der Waals surface area contributed by atoms with Gasteiger partial charge in [0.15, 0.2) is 23.2 Å². The number of oxime groups is 1. The molecule has 0 spiro atoms. The van der Waals surface area contributed by atoms with Crippen molar-refractivity contribution in [3.05, 3.63) is 23.3 Å². The third kappa shape index (κ3) is 7.10. The largest absolute Gasteiger partial charge is 0.478 e. The Kier molecular flexibility index (Phi) is 10.0. The summed E-state index contributed by atoms with van der Waals surface area (Å²) in [5.41, 5.74) is 14.8. The molecule has 2 aromatic heterocycles. The molecular weight excluding hydrogens is 664 g/mol. The Hall–Kier alpha value is -5.29. The first kappa shape index (κ1) is 34.6. The van der Waals surface area contributed by atoms with Crippen LogP contribution in [0.1, 0.15) is 19.7 Å². The molecule has 4 amide bonds. The fourth-order valence-corrected chi connectivity index (χ4v) is 6.00. The molecule has 0 bridgehead atoms. The summed E-state index contributed by atoms with van der Waals surface area (Å²) < 4.78 is 6.82. The lowest BCUT2D eigenvalue weighted by Gasteiger charge is -2.49. The van der Waals surface area contributed by atoms with E-state index in [1.54, 1.807) is 7.05 Å². The van der Waals surface area contributed by atoms with E-state index in [9.17, 15) is 39.0 Å². The molecule has 1 saturated heterocycles. The number of carbonyl (C=O) groups excluding carboxylic acids is 4. The van der Waals surface area contributed by atoms with Gasteiger partial charge in [-0.2, -0.15) is 9.36 Å². The first-order chi connectivity index (χ1) is 22.1. The second kappa shape index (κ2) is 13.6. The molecule has 2 atom stereocenters. The van der Waals surface area contributed by atoms with Gasteiger partial charge >= 0.3 is 23.8 Å². The Morgan fingerprint density at radius 1 is 1.19 bits per heavy atom. The van der Waals surface area contributed by atoms with Crippen LogP contribution in [0.5, 0.6) is 0 Å². The van der Waals surface area contributed by atoms with E-state index in [4.69, 9.17) is 22.0 Å². The number of thioether (sulfide) groups is 1. The molecule has 11 N–H and O–H groups in total. The van der Waals surface area contributed by atoms with E-state index in [0.717, 1.165) is 16.4 Å². The summed E-state index contributed by atoms with van der Waals surface area (Å²) in [6, 6.07) is -1.19. The van der Waals surface area contributed by atoms with Crippen LogP contribution in [0.2, 0.25) is 0 Å². The number of nitrogens with two attached hydrogens (primary N) is 3. The van der Waals surface area contributed by atoms with E-state index in [0.29, 0.717) is 5.57 Å². The average molecular weight is 696 g/mol. The Bertz CT molecular complexity index is 1720. The molecule has 0 aliphatic carbocycles. The number of anilines is 3. The number of amides is 4. The van der Waals surface area contributed by atoms with Gasteiger partial charge in [0.2, 0.25) is 23.3 Å². The lowest BCUT2D eigenvalue weighted by molar-refractivity contribution is -0.765. The van der Waals surface area contributed by atoms with Crippen LogP contribution in [0.4, 0.5) is 16.6 Å². The summed E-state index contributed by atoms with van der Waals surface area (Å²) in [7, 11) is 1.55. The zero-order valence-electron chi connectivity index (χ0n) is 25.0. The average Bonchev–Trinajstić information content (AvgIpc) is 3.55. The Balaban J connectivity index is 1.53. The maximum Gasteiger partial charge on any atom is 0.352 e. The Morgan fingerprint density at radius 2 is 1.89 bits per heavy atom. The fraction of sp³-hybridized carbons (Fsp3) is 0.417. The number of nitrogens with one attached hydrogen (secondary N) is 3. The number of carboxylic acid groups (broad SMARTS) is 2. The molecule has 2 aromatic rings. The number of nitrogen functional groups attached to an aromatic ring is 2. The number of fused-ring (bicyclic) bond motifs is 1. The van der Waals surface area contributed by atoms with Crippen LogP contribution in [-0.2, 0) is 47.2 Å². The van der Waals surface area contributed by atoms with Gasteiger partial charge < -0.3 is 48.2 Å². The van der Waals surface area contributed by atoms with Crippen molar-refractivity contribution in [1.29, 1.82) is 0 Å². The van der Waals surface area contributed by atoms with Crippen molar-refractivity contribution in [2.45, 2.75) is 37.4 Å². The molecule has 0 saturated carbocycles. The highest BCUT2D eigenvalue weighted by Crippen LogP contribution is 2.40. The van der Waals surface area contributed by atoms with E-state index in [1.165, 1.54) is 41.2 Å². The maximum absolute atomic E-state index is 13.3. The van der Waals surface area contributed by atoms with Gasteiger partial charge in [-0.15, -0.1) is 21.1 Å². The molecule has 0 aromatic carbocycles. The van der Waals surface area contributed by atoms with Crippen LogP contribution < -0.4 is 37.8 Å². The van der Waals surface area contributed by atoms with Crippen LogP contribution in [0, 0.1) is 0 Å². The van der Waals surface area contributed by atoms with Crippen molar-refractivity contribution in [2.75, 3.05) is 35.6 Å². The second-order valence-corrected chi connectivity index (χ2v) is 12.4. The van der Waals surface area contributed by atoms with Crippen LogP contribution in [-0.4, -0.2) is 106 Å². The molecule has 0 radical (unpaired) electrons. The topological polar surface area (TPSA) is 316 Å². The molecule has 21 nitrogen and oxygen atoms in total. The lowest BCUT2D eigenvalue weighted by atomic mass is 10.0. The van der Waals surface area contributed by atoms with Gasteiger partial charge in [-0.25, -0.2) is 9.59 Å². The van der Waals surface area contributed by atoms with E-state index >= 15 is 0 Å². The first-order valence-corrected chi connectivity index (χ1v) is 15.3. The summed E-state index contributed by atoms with van der Waals surface area (Å²) >= 11 is 1.91. The smallest absolute Gasteiger partial charge is 0.352 e. The summed E-state index contributed by atoms with van der Waals surface area (Å²) in [6.07, 6.45) is 1.40. The number of carbonyl (C=O) groups is 6. The summed E-state index contributed by atoms with van der Waals surface area (Å²) in [5, 5.41) is 29.4. The third-order valence-electron chi connectivity index (χ3n) is 6.81. The highest BCUT2D eigenvalue weighted by Gasteiger charge is 2.55. The monoisotopic (exact) mass is 695 g/mol. The van der Waals surface area contributed by atoms with E-state index in [2.05, 4.69) is 30.5 Å². The summed E-state index contributed by atoms with van der Waals surface area (Å²) in [4.78, 5) is 84.5. The van der Waals surface area contributed by atoms with Crippen molar-refractivity contribution in [2.24, 2.45) is 17.9 Å². The molecule has 4 rings (SSSR count). The SMILES string of the molecule is Cn1c(N)c(NC(=O)C(=O)NCCN)c[n+]1CC1=C(C(=O)O)N2C(=O)[C@@H](NC(=O)/C(=N\OC(C)(C)C(=O)O)c3nsc(N)n3)[C@H]2SC1. The van der Waals surface area contributed by atoms with Crippen LogP contribution in [0.25, 0.3) is 0 Å². The third-order valence-corrected chi connectivity index (χ3v) is 8.69. The molecule has 1 fully saturated rings. The number of nitrogens with zero attached hydrogens (tertiary/aromatic N) is 6. The van der Waals surface area contributed by atoms with Crippen molar-refractivity contribution in [3.8, 4) is 0 Å². The zero-order chi connectivity index (χ0) is 34.8. The minimum absolute atomic E-state index is 0.0177. The molecule has 23 heteroatoms. The Labute approximate surface area is 273 Å². The molecule has 252 valence electrons. The standard InChI is InChI=1S/C24H30N12O9S2/c1-24(2,22(43)44)45-32-11(15-31-23(27)47-33-15)16(37)30-12-19(40)36-13(21(41)42)9(8-46-20(12)36)6-35-7-10(14(26)34(35)3)29-18(39)17(38)28-5-4-25/h7,12,20,26H,4-6,8,25H2,1-3H3,(H7,27,28,29,30,31,33,37,38,39,41,42,43,44)/p+1/b32-11-/t12-,20-/m1/s1. The molecule has 0 unspecified atom stereocenters. The summed E-state index contributed by atoms with van der Waals surface area (Å²) in [6.45, 7) is 2.55. The quantitative estimate of drug-likeness (QED) is 0.0349. The van der Waals surface area contributed by atoms with Gasteiger partial charge in [0.25, 0.3) is 11.8 Å². The number of hydrogen-bond acceptors (Lipinski definition) is 15. The van der Waals surface area contributed by atoms with Crippen LogP contribution >= 0.6 is 23.3 Å². The van der Waals surface area contributed by atoms with Gasteiger partial charge in [0.1, 0.15) is 17.1 Å². The number of aromatic nitrogens is 4. The van der Waals surface area contributed by atoms with E-state index < -0.39 is 58.3 Å². The van der Waals surface area contributed by atoms with Crippen molar-refractivity contribution in [1.82, 2.24) is 29.6 Å². The normalized spacial score (nSPS) is 17.8. The number of hydrogen-bond donors (Lipinski definition) is 8. The molecule has 4 heterocycles. The first-order valence-electron chi connectivity index (χ1n) is 13.5. The zero-order valence-corrected chi connectivity index (χ0v) is 26.7. The van der Waals surface area contributed by atoms with Crippen LogP contribution in [0.15, 0.2) is 22.6 Å². The molecule has 2 aliphatic rings. The van der Waals surface area contributed by atoms with Gasteiger partial charge in [0, 0.05) is 35.9 Å². The van der Waals surface area contributed by atoms with Crippen LogP contribution in [0.3, 0.4) is 0 Å². The molecule has 2 aliphatic heterocycles. The molecular formula is C24H31N12O9S2+. The van der Waals surface area contributed by atoms with Crippen molar-refractivity contribution < 1.29 is 48.5 Å². The van der Waals surface area contributed by atoms with Gasteiger partial charge in [-0.05, 0) is 13.8 Å². The number of β-lactam (4-membered cyclic amide) rings is 1. The Morgan fingerprint density at radius 3 is 2.49 bits per heavy atom. The predicted octanol–water partition coefficient (Wildman–Crippen LogP) is -3.64. The molecule has 47 heavy (non-hydrogen) atoms. The van der Waals surface area contributed by atoms with Gasteiger partial charge in [-0.1, -0.05) is 5.16 Å². The van der Waals surface area contributed by atoms with Crippen molar-refractivity contribution >= 4 is 81.2 Å². The van der Waals surface area contributed by atoms with E-state index in [-0.39, 0.29) is 53.5 Å². The number of rotatable bonds is 12. The lowest BCUT2D eigenvalue weighted by Crippen LogP contribution is -2.71. The maximum atomic E-state index is 13.3.